The van der Waals surface area contributed by atoms with E-state index < -0.39 is 5.54 Å². The van der Waals surface area contributed by atoms with E-state index in [4.69, 9.17) is 4.74 Å². The third kappa shape index (κ3) is 2.47. The van der Waals surface area contributed by atoms with Crippen molar-refractivity contribution in [2.75, 3.05) is 13.7 Å². The monoisotopic (exact) mass is 234 g/mol. The Balaban J connectivity index is 2.15. The van der Waals surface area contributed by atoms with Crippen molar-refractivity contribution >= 4 is 5.97 Å². The number of hydrogen-bond acceptors (Lipinski definition) is 4. The minimum atomic E-state index is -0.576. The van der Waals surface area contributed by atoms with E-state index in [0.29, 0.717) is 5.92 Å². The number of nitrogens with one attached hydrogen (secondary N) is 1. The van der Waals surface area contributed by atoms with Crippen molar-refractivity contribution in [2.45, 2.75) is 31.2 Å². The van der Waals surface area contributed by atoms with Gasteiger partial charge in [0, 0.05) is 12.4 Å². The number of piperidine rings is 1. The minimum Gasteiger partial charge on any atom is -0.468 e. The van der Waals surface area contributed by atoms with Gasteiger partial charge in [0.15, 0.2) is 0 Å². The number of methoxy groups -OCH3 is 1. The standard InChI is InChI=1S/C13H18N2O2/c1-13(12(16)17-2)8-10(5-7-15-13)11-4-3-6-14-9-11/h3-4,6,9-10,15H,5,7-8H2,1-2H3. The molecular formula is C13H18N2O2. The van der Waals surface area contributed by atoms with Crippen LogP contribution < -0.4 is 5.32 Å². The lowest BCUT2D eigenvalue weighted by Crippen LogP contribution is -2.54. The summed E-state index contributed by atoms with van der Waals surface area (Å²) in [6.07, 6.45) is 5.43. The number of pyridine rings is 1. The molecule has 1 aromatic heterocycles. The number of carbonyl (C=O) groups excluding carboxylic acids is 1. The van der Waals surface area contributed by atoms with Gasteiger partial charge in [0.1, 0.15) is 5.54 Å². The number of ether oxygens (including phenoxy) is 1. The number of rotatable bonds is 2. The predicted octanol–water partition coefficient (Wildman–Crippen LogP) is 1.48. The van der Waals surface area contributed by atoms with E-state index >= 15 is 0 Å². The molecule has 0 radical (unpaired) electrons. The Morgan fingerprint density at radius 3 is 3.12 bits per heavy atom. The molecule has 2 rings (SSSR count). The van der Waals surface area contributed by atoms with Crippen LogP contribution in [0.4, 0.5) is 0 Å². The van der Waals surface area contributed by atoms with Crippen LogP contribution in [0.1, 0.15) is 31.2 Å². The molecule has 1 aliphatic heterocycles. The molecule has 0 amide bonds. The van der Waals surface area contributed by atoms with Crippen molar-refractivity contribution in [1.82, 2.24) is 10.3 Å². The van der Waals surface area contributed by atoms with Crippen LogP contribution in [0.25, 0.3) is 0 Å². The Labute approximate surface area is 101 Å². The second-order valence-corrected chi connectivity index (χ2v) is 4.73. The first kappa shape index (κ1) is 12.0. The van der Waals surface area contributed by atoms with Crippen molar-refractivity contribution in [1.29, 1.82) is 0 Å². The first-order valence-corrected chi connectivity index (χ1v) is 5.89. The molecule has 2 heterocycles. The van der Waals surface area contributed by atoms with Crippen LogP contribution in [0.15, 0.2) is 24.5 Å². The number of nitrogens with zero attached hydrogens (tertiary/aromatic N) is 1. The zero-order valence-corrected chi connectivity index (χ0v) is 10.3. The van der Waals surface area contributed by atoms with Gasteiger partial charge < -0.3 is 10.1 Å². The maximum Gasteiger partial charge on any atom is 0.325 e. The van der Waals surface area contributed by atoms with Gasteiger partial charge in [-0.2, -0.15) is 0 Å². The molecule has 0 spiro atoms. The first-order chi connectivity index (χ1) is 8.15. The van der Waals surface area contributed by atoms with Gasteiger partial charge in [-0.05, 0) is 43.9 Å². The highest BCUT2D eigenvalue weighted by Gasteiger charge is 2.39. The fourth-order valence-electron chi connectivity index (χ4n) is 2.47. The van der Waals surface area contributed by atoms with Crippen molar-refractivity contribution in [3.8, 4) is 0 Å². The van der Waals surface area contributed by atoms with Crippen LogP contribution >= 0.6 is 0 Å². The van der Waals surface area contributed by atoms with E-state index in [2.05, 4.69) is 16.4 Å². The van der Waals surface area contributed by atoms with Crippen LogP contribution in [0.2, 0.25) is 0 Å². The highest BCUT2D eigenvalue weighted by Crippen LogP contribution is 2.32. The van der Waals surface area contributed by atoms with Gasteiger partial charge in [0.25, 0.3) is 0 Å². The summed E-state index contributed by atoms with van der Waals surface area (Å²) in [5.74, 6) is 0.181. The summed E-state index contributed by atoms with van der Waals surface area (Å²) in [6.45, 7) is 2.73. The van der Waals surface area contributed by atoms with Crippen LogP contribution in [0, 0.1) is 0 Å². The number of aromatic nitrogens is 1. The molecule has 0 bridgehead atoms. The Kier molecular flexibility index (Phi) is 3.43. The van der Waals surface area contributed by atoms with Gasteiger partial charge in [-0.3, -0.25) is 9.78 Å². The molecule has 1 saturated heterocycles. The van der Waals surface area contributed by atoms with E-state index in [1.54, 1.807) is 6.20 Å². The molecule has 1 aromatic rings. The van der Waals surface area contributed by atoms with E-state index in [-0.39, 0.29) is 5.97 Å². The summed E-state index contributed by atoms with van der Waals surface area (Å²) in [7, 11) is 1.43. The maximum atomic E-state index is 11.8. The molecule has 2 atom stereocenters. The summed E-state index contributed by atoms with van der Waals surface area (Å²) in [6, 6.07) is 4.01. The lowest BCUT2D eigenvalue weighted by Gasteiger charge is -2.37. The normalized spacial score (nSPS) is 28.7. The van der Waals surface area contributed by atoms with Crippen molar-refractivity contribution in [3.63, 3.8) is 0 Å². The highest BCUT2D eigenvalue weighted by atomic mass is 16.5. The highest BCUT2D eigenvalue weighted by molar-refractivity contribution is 5.80. The van der Waals surface area contributed by atoms with Crippen molar-refractivity contribution in [3.05, 3.63) is 30.1 Å². The van der Waals surface area contributed by atoms with Crippen LogP contribution in [-0.2, 0) is 9.53 Å². The summed E-state index contributed by atoms with van der Waals surface area (Å²) in [5, 5.41) is 3.25. The van der Waals surface area contributed by atoms with Crippen molar-refractivity contribution in [2.24, 2.45) is 0 Å². The Bertz CT molecular complexity index is 394. The SMILES string of the molecule is COC(=O)C1(C)CC(c2cccnc2)CCN1. The lowest BCUT2D eigenvalue weighted by atomic mass is 9.80. The van der Waals surface area contributed by atoms with Gasteiger partial charge in [-0.25, -0.2) is 0 Å². The molecule has 92 valence electrons. The zero-order chi connectivity index (χ0) is 12.3. The molecule has 0 aliphatic carbocycles. The topological polar surface area (TPSA) is 51.2 Å². The summed E-state index contributed by atoms with van der Waals surface area (Å²) < 4.78 is 4.86. The van der Waals surface area contributed by atoms with E-state index in [0.717, 1.165) is 19.4 Å². The second kappa shape index (κ2) is 4.84. The van der Waals surface area contributed by atoms with E-state index in [9.17, 15) is 4.79 Å². The fraction of sp³-hybridized carbons (Fsp3) is 0.538. The Morgan fingerprint density at radius 1 is 1.65 bits per heavy atom. The Hall–Kier alpha value is -1.42. The van der Waals surface area contributed by atoms with E-state index in [1.165, 1.54) is 12.7 Å². The summed E-state index contributed by atoms with van der Waals surface area (Å²) in [4.78, 5) is 15.9. The number of carbonyl (C=O) groups is 1. The minimum absolute atomic E-state index is 0.189. The molecule has 1 N–H and O–H groups in total. The average molecular weight is 234 g/mol. The van der Waals surface area contributed by atoms with Gasteiger partial charge in [-0.1, -0.05) is 6.07 Å². The van der Waals surface area contributed by atoms with Gasteiger partial charge >= 0.3 is 5.97 Å². The van der Waals surface area contributed by atoms with Gasteiger partial charge in [0.05, 0.1) is 7.11 Å². The smallest absolute Gasteiger partial charge is 0.325 e. The van der Waals surface area contributed by atoms with Gasteiger partial charge in [0.2, 0.25) is 0 Å². The summed E-state index contributed by atoms with van der Waals surface area (Å²) >= 11 is 0. The van der Waals surface area contributed by atoms with Gasteiger partial charge in [-0.15, -0.1) is 0 Å². The molecule has 2 unspecified atom stereocenters. The maximum absolute atomic E-state index is 11.8. The Morgan fingerprint density at radius 2 is 2.47 bits per heavy atom. The van der Waals surface area contributed by atoms with E-state index in [1.807, 2.05) is 19.2 Å². The first-order valence-electron chi connectivity index (χ1n) is 5.89. The third-order valence-corrected chi connectivity index (χ3v) is 3.45. The summed E-state index contributed by atoms with van der Waals surface area (Å²) in [5.41, 5.74) is 0.622. The molecule has 17 heavy (non-hydrogen) atoms. The molecular weight excluding hydrogens is 216 g/mol. The van der Waals surface area contributed by atoms with Crippen LogP contribution in [0.3, 0.4) is 0 Å². The fourth-order valence-corrected chi connectivity index (χ4v) is 2.47. The quantitative estimate of drug-likeness (QED) is 0.787. The molecule has 0 aromatic carbocycles. The third-order valence-electron chi connectivity index (χ3n) is 3.45. The van der Waals surface area contributed by atoms with Crippen LogP contribution in [0.5, 0.6) is 0 Å². The van der Waals surface area contributed by atoms with Crippen molar-refractivity contribution < 1.29 is 9.53 Å². The lowest BCUT2D eigenvalue weighted by molar-refractivity contribution is -0.149. The molecule has 4 nitrogen and oxygen atoms in total. The molecule has 1 aliphatic rings. The average Bonchev–Trinajstić information content (AvgIpc) is 2.39. The predicted molar refractivity (Wildman–Crippen MR) is 64.6 cm³/mol. The molecule has 1 fully saturated rings. The number of hydrogen-bond donors (Lipinski definition) is 1. The largest absolute Gasteiger partial charge is 0.468 e. The second-order valence-electron chi connectivity index (χ2n) is 4.73. The number of esters is 1. The van der Waals surface area contributed by atoms with Crippen LogP contribution in [-0.4, -0.2) is 30.1 Å². The zero-order valence-electron chi connectivity index (χ0n) is 10.3. The molecule has 4 heteroatoms. The molecule has 0 saturated carbocycles.